The first-order valence-corrected chi connectivity index (χ1v) is 19.8. The molecule has 0 radical (unpaired) electrons. The number of aliphatic hydroxyl groups is 1. The molecule has 0 spiro atoms. The Morgan fingerprint density at radius 2 is 1.87 bits per heavy atom. The van der Waals surface area contributed by atoms with Gasteiger partial charge in [0.15, 0.2) is 0 Å². The fourth-order valence-electron chi connectivity index (χ4n) is 12.3. The second kappa shape index (κ2) is 11.8. The van der Waals surface area contributed by atoms with Crippen LogP contribution in [0.5, 0.6) is 0 Å². The normalized spacial score (nSPS) is 43.5. The van der Waals surface area contributed by atoms with E-state index < -0.39 is 16.6 Å². The molecule has 6 aliphatic rings. The van der Waals surface area contributed by atoms with Crippen molar-refractivity contribution in [1.82, 2.24) is 10.2 Å². The maximum Gasteiger partial charge on any atom is 0.134 e. The van der Waals surface area contributed by atoms with E-state index in [2.05, 4.69) is 43.6 Å². The lowest BCUT2D eigenvalue weighted by atomic mass is 9.38. The molecule has 248 valence electrons. The number of halogens is 1. The molecule has 0 bridgehead atoms. The lowest BCUT2D eigenvalue weighted by Gasteiger charge is -2.70. The zero-order chi connectivity index (χ0) is 31.8. The molecule has 45 heavy (non-hydrogen) atoms. The van der Waals surface area contributed by atoms with Gasteiger partial charge in [0.05, 0.1) is 5.56 Å². The van der Waals surface area contributed by atoms with Crippen LogP contribution in [-0.4, -0.2) is 62.2 Å². The number of nitrogens with zero attached hydrogens (tertiary/aromatic N) is 1. The van der Waals surface area contributed by atoms with Gasteiger partial charge in [-0.05, 0) is 121 Å². The molecule has 5 unspecified atom stereocenters. The van der Waals surface area contributed by atoms with Crippen LogP contribution in [0.2, 0.25) is 0 Å². The number of hydrogen-bond acceptors (Lipinski definition) is 5. The van der Waals surface area contributed by atoms with Crippen LogP contribution in [0.4, 0.5) is 4.39 Å². The molecule has 9 atom stereocenters. The van der Waals surface area contributed by atoms with Crippen molar-refractivity contribution in [2.24, 2.45) is 40.4 Å². The van der Waals surface area contributed by atoms with Gasteiger partial charge >= 0.3 is 0 Å². The smallest absolute Gasteiger partial charge is 0.134 e. The van der Waals surface area contributed by atoms with Gasteiger partial charge in [-0.25, -0.2) is 4.39 Å². The third-order valence-corrected chi connectivity index (χ3v) is 17.0. The summed E-state index contributed by atoms with van der Waals surface area (Å²) in [6.45, 7) is 15.2. The van der Waals surface area contributed by atoms with E-state index in [4.69, 9.17) is 12.6 Å². The summed E-state index contributed by atoms with van der Waals surface area (Å²) in [5.41, 5.74) is 3.10. The lowest BCUT2D eigenvalue weighted by Crippen LogP contribution is -2.69. The second-order valence-corrected chi connectivity index (χ2v) is 18.8. The summed E-state index contributed by atoms with van der Waals surface area (Å²) < 4.78 is 26.8. The van der Waals surface area contributed by atoms with E-state index in [1.54, 1.807) is 12.1 Å². The number of benzene rings is 1. The number of nitrogens with one attached hydrogen (secondary N) is 1. The molecule has 4 saturated carbocycles. The van der Waals surface area contributed by atoms with Gasteiger partial charge in [0, 0.05) is 58.8 Å². The van der Waals surface area contributed by atoms with Gasteiger partial charge in [0.2, 0.25) is 0 Å². The maximum absolute atomic E-state index is 14.9. The van der Waals surface area contributed by atoms with Crippen LogP contribution in [0.25, 0.3) is 11.3 Å². The van der Waals surface area contributed by atoms with Crippen LogP contribution in [-0.2, 0) is 10.8 Å². The van der Waals surface area contributed by atoms with Crippen molar-refractivity contribution in [2.75, 3.05) is 37.7 Å². The number of thiol groups is 1. The minimum Gasteiger partial charge on any atom is -0.508 e. The highest BCUT2D eigenvalue weighted by atomic mass is 32.2. The number of hydrogen-bond donors (Lipinski definition) is 3. The summed E-state index contributed by atoms with van der Waals surface area (Å²) in [7, 11) is -0.612. The Morgan fingerprint density at radius 3 is 2.60 bits per heavy atom. The number of fused-ring (bicyclic) bond motifs is 7. The first-order valence-electron chi connectivity index (χ1n) is 17.8. The van der Waals surface area contributed by atoms with Crippen LogP contribution in [0, 0.1) is 46.2 Å². The molecule has 0 aromatic heterocycles. The van der Waals surface area contributed by atoms with Crippen molar-refractivity contribution in [1.29, 1.82) is 0 Å². The highest BCUT2D eigenvalue weighted by Gasteiger charge is 2.69. The summed E-state index contributed by atoms with van der Waals surface area (Å²) in [6, 6.07) is 5.23. The van der Waals surface area contributed by atoms with Gasteiger partial charge in [-0.3, -0.25) is 4.21 Å². The topological polar surface area (TPSA) is 52.6 Å². The van der Waals surface area contributed by atoms with E-state index in [0.29, 0.717) is 17.8 Å². The Bertz CT molecular complexity index is 1390. The predicted octanol–water partition coefficient (Wildman–Crippen LogP) is 7.88. The molecule has 1 aromatic carbocycles. The molecule has 1 aliphatic heterocycles. The molecule has 4 nitrogen and oxygen atoms in total. The summed E-state index contributed by atoms with van der Waals surface area (Å²) >= 11 is 5.87. The SMILES string of the molecule is C=C(O)c1ccc(C2=CC[C@@]3(C)C(CC[C@]4(S)C3CCC3C5CCC[C@]5(NCCN5CCS(=O)CC5)CC[C@]34C)C2C)cc1F. The number of allylic oxidation sites excluding steroid dienone is 2. The van der Waals surface area contributed by atoms with Crippen molar-refractivity contribution in [2.45, 2.75) is 95.3 Å². The first kappa shape index (κ1) is 32.4. The zero-order valence-electron chi connectivity index (χ0n) is 27.8. The standard InChI is InChI=1S/C38H55FN2O2S2/c1-25-28(27-7-8-29(26(2)42)33(39)24-27)11-14-35(3)30(25)12-15-38(44)34(35)10-9-31-32-6-5-13-37(32,17-16-36(31,38)4)40-18-19-41-20-22-45(43)23-21-41/h7-8,11,24-25,30-32,34,40,42,44H,2,5-6,9-10,12-23H2,1,3-4H3/t25?,30?,31?,32?,34?,35-,36+,37-,38-/m0/s1. The lowest BCUT2D eigenvalue weighted by molar-refractivity contribution is -0.138. The quantitative estimate of drug-likeness (QED) is 0.216. The Balaban J connectivity index is 1.10. The predicted molar refractivity (Wildman–Crippen MR) is 188 cm³/mol. The summed E-state index contributed by atoms with van der Waals surface area (Å²) in [4.78, 5) is 2.51. The first-order chi connectivity index (χ1) is 21.4. The Morgan fingerprint density at radius 1 is 1.09 bits per heavy atom. The Kier molecular flexibility index (Phi) is 8.47. The molecular formula is C38H55FN2O2S2. The zero-order valence-corrected chi connectivity index (χ0v) is 29.5. The van der Waals surface area contributed by atoms with Crippen molar-refractivity contribution in [3.05, 3.63) is 47.8 Å². The van der Waals surface area contributed by atoms with Gasteiger partial charge < -0.3 is 15.3 Å². The third kappa shape index (κ3) is 5.06. The largest absolute Gasteiger partial charge is 0.508 e. The molecule has 7 heteroatoms. The van der Waals surface area contributed by atoms with Gasteiger partial charge in [-0.1, -0.05) is 45.9 Å². The summed E-state index contributed by atoms with van der Waals surface area (Å²) in [5, 5.41) is 14.0. The molecule has 2 N–H and O–H groups in total. The van der Waals surface area contributed by atoms with Crippen LogP contribution >= 0.6 is 12.6 Å². The molecule has 1 heterocycles. The molecule has 1 saturated heterocycles. The average Bonchev–Trinajstić information content (AvgIpc) is 3.42. The average molecular weight is 655 g/mol. The third-order valence-electron chi connectivity index (χ3n) is 14.7. The van der Waals surface area contributed by atoms with Gasteiger partial charge in [0.1, 0.15) is 11.6 Å². The van der Waals surface area contributed by atoms with Crippen molar-refractivity contribution in [3.63, 3.8) is 0 Å². The van der Waals surface area contributed by atoms with Crippen LogP contribution < -0.4 is 5.32 Å². The van der Waals surface area contributed by atoms with E-state index >= 15 is 0 Å². The van der Waals surface area contributed by atoms with Crippen LogP contribution in [0.3, 0.4) is 0 Å². The van der Waals surface area contributed by atoms with E-state index in [1.165, 1.54) is 63.4 Å². The summed E-state index contributed by atoms with van der Waals surface area (Å²) in [5.74, 6) is 4.01. The minimum atomic E-state index is -0.612. The molecule has 5 fully saturated rings. The van der Waals surface area contributed by atoms with Crippen LogP contribution in [0.15, 0.2) is 30.9 Å². The second-order valence-electron chi connectivity index (χ2n) is 16.3. The molecule has 7 rings (SSSR count). The summed E-state index contributed by atoms with van der Waals surface area (Å²) in [6.07, 6.45) is 14.9. The van der Waals surface area contributed by atoms with Crippen molar-refractivity contribution >= 4 is 34.8 Å². The maximum atomic E-state index is 14.9. The Labute approximate surface area is 278 Å². The molecule has 0 amide bonds. The van der Waals surface area contributed by atoms with E-state index in [-0.39, 0.29) is 32.4 Å². The van der Waals surface area contributed by atoms with Gasteiger partial charge in [-0.15, -0.1) is 0 Å². The molecule has 5 aliphatic carbocycles. The van der Waals surface area contributed by atoms with Crippen molar-refractivity contribution < 1.29 is 13.7 Å². The fraction of sp³-hybridized carbons (Fsp3) is 0.737. The number of aliphatic hydroxyl groups excluding tert-OH is 1. The van der Waals surface area contributed by atoms with Crippen molar-refractivity contribution in [3.8, 4) is 0 Å². The van der Waals surface area contributed by atoms with E-state index in [9.17, 15) is 13.7 Å². The van der Waals surface area contributed by atoms with Gasteiger partial charge in [-0.2, -0.15) is 12.6 Å². The minimum absolute atomic E-state index is 0.0413. The molecule has 1 aromatic rings. The number of rotatable bonds is 6. The highest BCUT2D eigenvalue weighted by Crippen LogP contribution is 2.73. The molecular weight excluding hydrogens is 600 g/mol. The van der Waals surface area contributed by atoms with Crippen LogP contribution in [0.1, 0.15) is 96.1 Å². The monoisotopic (exact) mass is 654 g/mol. The fourth-order valence-corrected chi connectivity index (χ4v) is 14.2. The highest BCUT2D eigenvalue weighted by molar-refractivity contribution is 7.85. The van der Waals surface area contributed by atoms with E-state index in [0.717, 1.165) is 61.5 Å². The van der Waals surface area contributed by atoms with Gasteiger partial charge in [0.25, 0.3) is 0 Å². The Hall–Kier alpha value is -1.15. The van der Waals surface area contributed by atoms with E-state index in [1.807, 2.05) is 6.07 Å².